The van der Waals surface area contributed by atoms with E-state index in [9.17, 15) is 13.2 Å². The minimum absolute atomic E-state index is 0.0279. The number of thioether (sulfide) groups is 1. The molecule has 0 heterocycles. The van der Waals surface area contributed by atoms with Crippen LogP contribution in [0.5, 0.6) is 0 Å². The fourth-order valence-corrected chi connectivity index (χ4v) is 2.80. The number of aliphatic carboxylic acids is 1. The first kappa shape index (κ1) is 16.7. The lowest BCUT2D eigenvalue weighted by Gasteiger charge is -2.20. The van der Waals surface area contributed by atoms with Gasteiger partial charge in [0.25, 0.3) is 10.2 Å². The monoisotopic (exact) mass is 284 g/mol. The summed E-state index contributed by atoms with van der Waals surface area (Å²) in [6, 6.07) is -0.153. The van der Waals surface area contributed by atoms with Crippen molar-refractivity contribution >= 4 is 27.9 Å². The molecule has 0 saturated heterocycles. The molecule has 2 N–H and O–H groups in total. The predicted octanol–water partition coefficient (Wildman–Crippen LogP) is 0.369. The highest BCUT2D eigenvalue weighted by Gasteiger charge is 2.20. The fraction of sp³-hybridized carbons (Fsp3) is 0.889. The van der Waals surface area contributed by atoms with Gasteiger partial charge < -0.3 is 5.11 Å². The predicted molar refractivity (Wildman–Crippen MR) is 69.4 cm³/mol. The molecule has 0 radical (unpaired) electrons. The van der Waals surface area contributed by atoms with Gasteiger partial charge in [-0.05, 0) is 25.4 Å². The van der Waals surface area contributed by atoms with Crippen LogP contribution in [0.2, 0.25) is 0 Å². The quantitative estimate of drug-likeness (QED) is 0.639. The van der Waals surface area contributed by atoms with Gasteiger partial charge in [-0.3, -0.25) is 4.79 Å². The summed E-state index contributed by atoms with van der Waals surface area (Å²) < 4.78 is 27.0. The largest absolute Gasteiger partial charge is 0.481 e. The summed E-state index contributed by atoms with van der Waals surface area (Å²) in [6.45, 7) is 1.76. The lowest BCUT2D eigenvalue weighted by atomic mass is 10.3. The van der Waals surface area contributed by atoms with Crippen molar-refractivity contribution in [1.29, 1.82) is 0 Å². The van der Waals surface area contributed by atoms with Crippen LogP contribution in [-0.2, 0) is 15.0 Å². The van der Waals surface area contributed by atoms with Crippen LogP contribution >= 0.6 is 11.8 Å². The van der Waals surface area contributed by atoms with E-state index >= 15 is 0 Å². The molecule has 0 spiro atoms. The van der Waals surface area contributed by atoms with Crippen LogP contribution in [0.1, 0.15) is 19.8 Å². The maximum absolute atomic E-state index is 11.7. The summed E-state index contributed by atoms with van der Waals surface area (Å²) in [7, 11) is -2.21. The second-order valence-corrected chi connectivity index (χ2v) is 6.57. The second kappa shape index (κ2) is 7.91. The summed E-state index contributed by atoms with van der Waals surface area (Å²) in [5, 5.41) is 8.48. The summed E-state index contributed by atoms with van der Waals surface area (Å²) in [4.78, 5) is 10.3. The molecule has 8 heteroatoms. The Bertz CT molecular complexity index is 332. The molecule has 0 aliphatic carbocycles. The SMILES string of the molecule is CSCCC(C)NS(=O)(=O)N(C)CCC(=O)O. The second-order valence-electron chi connectivity index (χ2n) is 3.77. The zero-order chi connectivity index (χ0) is 13.5. The first-order chi connectivity index (χ1) is 7.79. The van der Waals surface area contributed by atoms with Crippen LogP contribution in [0.15, 0.2) is 0 Å². The van der Waals surface area contributed by atoms with Crippen LogP contribution < -0.4 is 4.72 Å². The molecule has 0 aromatic rings. The Morgan fingerprint density at radius 3 is 2.59 bits per heavy atom. The maximum atomic E-state index is 11.7. The molecule has 0 aliphatic heterocycles. The molecule has 17 heavy (non-hydrogen) atoms. The van der Waals surface area contributed by atoms with Gasteiger partial charge in [-0.1, -0.05) is 0 Å². The van der Waals surface area contributed by atoms with Crippen molar-refractivity contribution in [2.24, 2.45) is 0 Å². The van der Waals surface area contributed by atoms with E-state index in [1.807, 2.05) is 6.26 Å². The number of hydrogen-bond donors (Lipinski definition) is 2. The van der Waals surface area contributed by atoms with Crippen molar-refractivity contribution in [2.75, 3.05) is 25.6 Å². The molecular weight excluding hydrogens is 264 g/mol. The summed E-state index contributed by atoms with van der Waals surface area (Å²) >= 11 is 1.65. The van der Waals surface area contributed by atoms with E-state index in [-0.39, 0.29) is 19.0 Å². The zero-order valence-electron chi connectivity index (χ0n) is 10.3. The van der Waals surface area contributed by atoms with E-state index in [0.717, 1.165) is 16.5 Å². The standard InChI is InChI=1S/C9H20N2O4S2/c1-8(5-7-16-3)10-17(14,15)11(2)6-4-9(12)13/h8,10H,4-7H2,1-3H3,(H,12,13). The van der Waals surface area contributed by atoms with Gasteiger partial charge in [-0.2, -0.15) is 29.2 Å². The van der Waals surface area contributed by atoms with E-state index in [4.69, 9.17) is 5.11 Å². The van der Waals surface area contributed by atoms with Crippen LogP contribution in [0, 0.1) is 0 Å². The van der Waals surface area contributed by atoms with Gasteiger partial charge in [0.2, 0.25) is 0 Å². The molecule has 0 bridgehead atoms. The lowest BCUT2D eigenvalue weighted by molar-refractivity contribution is -0.137. The van der Waals surface area contributed by atoms with Gasteiger partial charge in [-0.25, -0.2) is 0 Å². The summed E-state index contributed by atoms with van der Waals surface area (Å²) in [6.07, 6.45) is 2.50. The van der Waals surface area contributed by atoms with E-state index in [1.165, 1.54) is 7.05 Å². The van der Waals surface area contributed by atoms with Crippen molar-refractivity contribution in [1.82, 2.24) is 9.03 Å². The van der Waals surface area contributed by atoms with Crippen LogP contribution in [0.25, 0.3) is 0 Å². The molecule has 0 aromatic carbocycles. The minimum Gasteiger partial charge on any atom is -0.481 e. The van der Waals surface area contributed by atoms with Crippen LogP contribution in [0.3, 0.4) is 0 Å². The van der Waals surface area contributed by atoms with E-state index in [2.05, 4.69) is 4.72 Å². The van der Waals surface area contributed by atoms with E-state index < -0.39 is 16.2 Å². The highest BCUT2D eigenvalue weighted by atomic mass is 32.2. The third-order valence-corrected chi connectivity index (χ3v) is 4.50. The van der Waals surface area contributed by atoms with E-state index in [1.54, 1.807) is 18.7 Å². The van der Waals surface area contributed by atoms with E-state index in [0.29, 0.717) is 0 Å². The molecule has 0 fully saturated rings. The Hall–Kier alpha value is -0.310. The van der Waals surface area contributed by atoms with Crippen LogP contribution in [-0.4, -0.2) is 55.4 Å². The third-order valence-electron chi connectivity index (χ3n) is 2.16. The zero-order valence-corrected chi connectivity index (χ0v) is 12.0. The van der Waals surface area contributed by atoms with Gasteiger partial charge >= 0.3 is 5.97 Å². The minimum atomic E-state index is -3.57. The maximum Gasteiger partial charge on any atom is 0.304 e. The third kappa shape index (κ3) is 7.58. The molecule has 0 rings (SSSR count). The number of carbonyl (C=O) groups is 1. The van der Waals surface area contributed by atoms with Gasteiger partial charge in [0, 0.05) is 19.6 Å². The molecular formula is C9H20N2O4S2. The van der Waals surface area contributed by atoms with Crippen LogP contribution in [0.4, 0.5) is 0 Å². The Labute approximate surface area is 107 Å². The average molecular weight is 284 g/mol. The number of carboxylic acids is 1. The van der Waals surface area contributed by atoms with Crippen molar-refractivity contribution in [3.63, 3.8) is 0 Å². The highest BCUT2D eigenvalue weighted by molar-refractivity contribution is 7.98. The van der Waals surface area contributed by atoms with Crippen molar-refractivity contribution < 1.29 is 18.3 Å². The summed E-state index contributed by atoms with van der Waals surface area (Å²) in [5.74, 6) is -0.134. The average Bonchev–Trinajstić information content (AvgIpc) is 2.22. The van der Waals surface area contributed by atoms with Gasteiger partial charge in [0.15, 0.2) is 0 Å². The smallest absolute Gasteiger partial charge is 0.304 e. The molecule has 1 unspecified atom stereocenters. The Morgan fingerprint density at radius 1 is 1.53 bits per heavy atom. The number of hydrogen-bond acceptors (Lipinski definition) is 4. The molecule has 1 atom stereocenters. The van der Waals surface area contributed by atoms with Crippen molar-refractivity contribution in [3.8, 4) is 0 Å². The Kier molecular flexibility index (Phi) is 7.77. The number of nitrogens with zero attached hydrogens (tertiary/aromatic N) is 1. The summed E-state index contributed by atoms with van der Waals surface area (Å²) in [5.41, 5.74) is 0. The number of rotatable bonds is 9. The van der Waals surface area contributed by atoms with Gasteiger partial charge in [-0.15, -0.1) is 0 Å². The van der Waals surface area contributed by atoms with Gasteiger partial charge in [0.1, 0.15) is 0 Å². The molecule has 0 aromatic heterocycles. The molecule has 0 aliphatic rings. The first-order valence-electron chi connectivity index (χ1n) is 5.24. The normalized spacial score (nSPS) is 13.9. The fourth-order valence-electron chi connectivity index (χ4n) is 1.07. The lowest BCUT2D eigenvalue weighted by Crippen LogP contribution is -2.43. The number of carboxylic acid groups (broad SMARTS) is 1. The molecule has 102 valence electrons. The molecule has 0 saturated carbocycles. The molecule has 6 nitrogen and oxygen atoms in total. The molecule has 0 amide bonds. The van der Waals surface area contributed by atoms with Crippen molar-refractivity contribution in [3.05, 3.63) is 0 Å². The van der Waals surface area contributed by atoms with Gasteiger partial charge in [0.05, 0.1) is 6.42 Å². The van der Waals surface area contributed by atoms with Crippen molar-refractivity contribution in [2.45, 2.75) is 25.8 Å². The Balaban J connectivity index is 4.21. The Morgan fingerprint density at radius 2 is 2.12 bits per heavy atom. The number of nitrogens with one attached hydrogen (secondary N) is 1. The first-order valence-corrected chi connectivity index (χ1v) is 8.07. The highest BCUT2D eigenvalue weighted by Crippen LogP contribution is 2.03. The topological polar surface area (TPSA) is 86.7 Å².